The maximum Gasteiger partial charge on any atom is 0.209 e. The van der Waals surface area contributed by atoms with E-state index < -0.39 is 0 Å². The van der Waals surface area contributed by atoms with Gasteiger partial charge in [0.05, 0.1) is 4.91 Å². The van der Waals surface area contributed by atoms with Gasteiger partial charge in [-0.3, -0.25) is 4.79 Å². The van der Waals surface area contributed by atoms with Gasteiger partial charge in [0.2, 0.25) is 6.41 Å². The molecule has 0 radical (unpaired) electrons. The van der Waals surface area contributed by atoms with Crippen molar-refractivity contribution in [2.24, 2.45) is 21.9 Å². The summed E-state index contributed by atoms with van der Waals surface area (Å²) in [6.45, 7) is 7.10. The van der Waals surface area contributed by atoms with Crippen molar-refractivity contribution in [1.82, 2.24) is 4.90 Å². The largest absolute Gasteiger partial charge is 0.381 e. The Hall–Kier alpha value is -1.56. The predicted octanol–water partition coefficient (Wildman–Crippen LogP) is 1.98. The number of amides is 1. The Balaban J connectivity index is 2.48. The third kappa shape index (κ3) is 5.30. The third-order valence-corrected chi connectivity index (χ3v) is 3.76. The van der Waals surface area contributed by atoms with Gasteiger partial charge in [-0.05, 0) is 31.1 Å². The maximum atomic E-state index is 10.6. The van der Waals surface area contributed by atoms with E-state index in [1.807, 2.05) is 19.2 Å². The number of amidine groups is 1. The van der Waals surface area contributed by atoms with Crippen LogP contribution >= 0.6 is 11.8 Å². The molecule has 1 heterocycles. The lowest BCUT2D eigenvalue weighted by atomic mass is 9.99. The van der Waals surface area contributed by atoms with Crippen molar-refractivity contribution in [3.8, 4) is 0 Å². The van der Waals surface area contributed by atoms with Gasteiger partial charge in [-0.2, -0.15) is 5.10 Å². The van der Waals surface area contributed by atoms with Crippen LogP contribution in [0.25, 0.3) is 0 Å². The fourth-order valence-electron chi connectivity index (χ4n) is 1.78. The first-order valence-corrected chi connectivity index (χ1v) is 7.09. The number of rotatable bonds is 6. The minimum absolute atomic E-state index is 0.369. The van der Waals surface area contributed by atoms with Crippen molar-refractivity contribution in [3.05, 3.63) is 23.0 Å². The molecule has 0 aromatic heterocycles. The Morgan fingerprint density at radius 2 is 2.16 bits per heavy atom. The van der Waals surface area contributed by atoms with Crippen LogP contribution in [-0.2, 0) is 4.79 Å². The molecule has 5 nitrogen and oxygen atoms in total. The summed E-state index contributed by atoms with van der Waals surface area (Å²) in [5.74, 6) is 0.767. The van der Waals surface area contributed by atoms with Gasteiger partial charge in [0.15, 0.2) is 5.84 Å². The molecule has 6 heteroatoms. The average Bonchev–Trinajstić information content (AvgIpc) is 2.45. The summed E-state index contributed by atoms with van der Waals surface area (Å²) in [7, 11) is 0. The van der Waals surface area contributed by atoms with E-state index in [0.717, 1.165) is 37.2 Å². The average molecular weight is 280 g/mol. The standard InChI is InChI=1S/C13H20N4OS/c1-3-12(19-4-2)13(14)16-15-9-11-5-7-17(10-18)8-6-11/h3-4,9-11H,2,5-8H2,1H3,(H2,14,16)/b12-3-,15-9+. The second-order valence-corrected chi connectivity index (χ2v) is 5.17. The number of thioether (sulfide) groups is 1. The first-order chi connectivity index (χ1) is 9.21. The van der Waals surface area contributed by atoms with E-state index in [2.05, 4.69) is 16.8 Å². The molecule has 0 saturated carbocycles. The van der Waals surface area contributed by atoms with Crippen LogP contribution in [-0.4, -0.2) is 36.4 Å². The number of carbonyl (C=O) groups is 1. The fraction of sp³-hybridized carbons (Fsp3) is 0.462. The second kappa shape index (κ2) is 8.53. The number of hydrogen-bond donors (Lipinski definition) is 1. The van der Waals surface area contributed by atoms with Gasteiger partial charge in [0.25, 0.3) is 0 Å². The quantitative estimate of drug-likeness (QED) is 0.350. The van der Waals surface area contributed by atoms with Crippen LogP contribution < -0.4 is 5.73 Å². The van der Waals surface area contributed by atoms with Gasteiger partial charge in [0, 0.05) is 19.3 Å². The molecule has 1 amide bonds. The SMILES string of the molecule is C=CSC(=C\C)/C(N)=N/N=C/C1CCN(C=O)CC1. The number of nitrogens with zero attached hydrogens (tertiary/aromatic N) is 3. The highest BCUT2D eigenvalue weighted by atomic mass is 32.2. The molecule has 1 saturated heterocycles. The molecule has 0 atom stereocenters. The lowest BCUT2D eigenvalue weighted by Gasteiger charge is -2.26. The molecule has 1 rings (SSSR count). The van der Waals surface area contributed by atoms with E-state index in [9.17, 15) is 4.79 Å². The molecule has 0 spiro atoms. The third-order valence-electron chi connectivity index (χ3n) is 2.89. The zero-order valence-corrected chi connectivity index (χ0v) is 12.0. The number of piperidine rings is 1. The summed E-state index contributed by atoms with van der Waals surface area (Å²) in [6.07, 6.45) is 6.45. The molecule has 1 fully saturated rings. The molecule has 0 aromatic rings. The normalized spacial score (nSPS) is 18.9. The van der Waals surface area contributed by atoms with Gasteiger partial charge in [0.1, 0.15) is 0 Å². The van der Waals surface area contributed by atoms with Crippen molar-refractivity contribution in [3.63, 3.8) is 0 Å². The highest BCUT2D eigenvalue weighted by Crippen LogP contribution is 2.16. The Morgan fingerprint density at radius 1 is 1.47 bits per heavy atom. The Bertz CT molecular complexity index is 395. The molecule has 1 aliphatic heterocycles. The number of carbonyl (C=O) groups excluding carboxylic acids is 1. The summed E-state index contributed by atoms with van der Waals surface area (Å²) in [5, 5.41) is 9.74. The highest BCUT2D eigenvalue weighted by Gasteiger charge is 2.15. The van der Waals surface area contributed by atoms with Crippen LogP contribution in [0.3, 0.4) is 0 Å². The van der Waals surface area contributed by atoms with Gasteiger partial charge in [-0.25, -0.2) is 0 Å². The topological polar surface area (TPSA) is 71.0 Å². The maximum absolute atomic E-state index is 10.6. The number of hydrogen-bond acceptors (Lipinski definition) is 4. The zero-order valence-electron chi connectivity index (χ0n) is 11.2. The summed E-state index contributed by atoms with van der Waals surface area (Å²) >= 11 is 1.42. The minimum atomic E-state index is 0.369. The Kier molecular flexibility index (Phi) is 6.95. The molecule has 0 aromatic carbocycles. The van der Waals surface area contributed by atoms with Gasteiger partial charge in [-0.15, -0.1) is 5.10 Å². The highest BCUT2D eigenvalue weighted by molar-refractivity contribution is 8.06. The summed E-state index contributed by atoms with van der Waals surface area (Å²) in [4.78, 5) is 13.2. The minimum Gasteiger partial charge on any atom is -0.381 e. The number of likely N-dealkylation sites (tertiary alicyclic amines) is 1. The summed E-state index contributed by atoms with van der Waals surface area (Å²) in [5.41, 5.74) is 5.82. The zero-order chi connectivity index (χ0) is 14.1. The van der Waals surface area contributed by atoms with E-state index in [4.69, 9.17) is 5.73 Å². The van der Waals surface area contributed by atoms with E-state index in [0.29, 0.717) is 11.8 Å². The van der Waals surface area contributed by atoms with E-state index in [-0.39, 0.29) is 0 Å². The van der Waals surface area contributed by atoms with Crippen molar-refractivity contribution in [2.75, 3.05) is 13.1 Å². The molecule has 0 bridgehead atoms. The fourth-order valence-corrected chi connectivity index (χ4v) is 2.26. The van der Waals surface area contributed by atoms with Crippen LogP contribution in [0.5, 0.6) is 0 Å². The Labute approximate surface area is 118 Å². The summed E-state index contributed by atoms with van der Waals surface area (Å²) < 4.78 is 0. The molecule has 0 aliphatic carbocycles. The summed E-state index contributed by atoms with van der Waals surface area (Å²) in [6, 6.07) is 0. The van der Waals surface area contributed by atoms with Gasteiger partial charge >= 0.3 is 0 Å². The smallest absolute Gasteiger partial charge is 0.209 e. The lowest BCUT2D eigenvalue weighted by Crippen LogP contribution is -2.32. The number of nitrogens with two attached hydrogens (primary N) is 1. The molecular weight excluding hydrogens is 260 g/mol. The Morgan fingerprint density at radius 3 is 2.68 bits per heavy atom. The predicted molar refractivity (Wildman–Crippen MR) is 82.0 cm³/mol. The second-order valence-electron chi connectivity index (χ2n) is 4.17. The molecule has 19 heavy (non-hydrogen) atoms. The molecular formula is C13H20N4OS. The van der Waals surface area contributed by atoms with Crippen LogP contribution in [0, 0.1) is 5.92 Å². The van der Waals surface area contributed by atoms with E-state index >= 15 is 0 Å². The van der Waals surface area contributed by atoms with E-state index in [1.165, 1.54) is 11.8 Å². The van der Waals surface area contributed by atoms with Crippen molar-refractivity contribution in [2.45, 2.75) is 19.8 Å². The van der Waals surface area contributed by atoms with E-state index in [1.54, 1.807) is 10.3 Å². The van der Waals surface area contributed by atoms with Crippen molar-refractivity contribution >= 4 is 30.2 Å². The first-order valence-electron chi connectivity index (χ1n) is 6.21. The molecule has 104 valence electrons. The monoisotopic (exact) mass is 280 g/mol. The first kappa shape index (κ1) is 15.5. The van der Waals surface area contributed by atoms with Crippen LogP contribution in [0.1, 0.15) is 19.8 Å². The van der Waals surface area contributed by atoms with Crippen molar-refractivity contribution < 1.29 is 4.79 Å². The molecule has 0 unspecified atom stereocenters. The van der Waals surface area contributed by atoms with Crippen LogP contribution in [0.4, 0.5) is 0 Å². The lowest BCUT2D eigenvalue weighted by molar-refractivity contribution is -0.119. The van der Waals surface area contributed by atoms with Gasteiger partial charge in [-0.1, -0.05) is 24.4 Å². The van der Waals surface area contributed by atoms with Crippen LogP contribution in [0.15, 0.2) is 33.2 Å². The van der Waals surface area contributed by atoms with Crippen LogP contribution in [0.2, 0.25) is 0 Å². The van der Waals surface area contributed by atoms with Gasteiger partial charge < -0.3 is 10.6 Å². The molecule has 2 N–H and O–H groups in total. The molecule has 1 aliphatic rings. The number of allylic oxidation sites excluding steroid dienone is 1. The van der Waals surface area contributed by atoms with Crippen molar-refractivity contribution in [1.29, 1.82) is 0 Å².